The van der Waals surface area contributed by atoms with Gasteiger partial charge in [0.15, 0.2) is 0 Å². The Kier molecular flexibility index (Phi) is 5.28. The lowest BCUT2D eigenvalue weighted by atomic mass is 9.78. The van der Waals surface area contributed by atoms with Crippen molar-refractivity contribution >= 4 is 23.4 Å². The van der Waals surface area contributed by atoms with E-state index in [4.69, 9.17) is 5.73 Å². The topological polar surface area (TPSA) is 55.1 Å². The first-order valence-electron chi connectivity index (χ1n) is 6.89. The second kappa shape index (κ2) is 6.96. The van der Waals surface area contributed by atoms with E-state index < -0.39 is 0 Å². The van der Waals surface area contributed by atoms with Gasteiger partial charge in [-0.3, -0.25) is 4.79 Å². The van der Waals surface area contributed by atoms with Gasteiger partial charge in [0.2, 0.25) is 5.91 Å². The lowest BCUT2D eigenvalue weighted by Crippen LogP contribution is -2.35. The van der Waals surface area contributed by atoms with Crippen LogP contribution in [0.5, 0.6) is 0 Å². The third-order valence-electron chi connectivity index (χ3n) is 3.91. The Labute approximate surface area is 119 Å². The summed E-state index contributed by atoms with van der Waals surface area (Å²) >= 11 is 1.70. The average molecular weight is 278 g/mol. The van der Waals surface area contributed by atoms with Crippen molar-refractivity contribution in [3.05, 3.63) is 24.3 Å². The van der Waals surface area contributed by atoms with Gasteiger partial charge in [-0.25, -0.2) is 0 Å². The number of anilines is 1. The van der Waals surface area contributed by atoms with Gasteiger partial charge < -0.3 is 11.1 Å². The van der Waals surface area contributed by atoms with Crippen molar-refractivity contribution in [3.8, 4) is 0 Å². The van der Waals surface area contributed by atoms with Crippen LogP contribution in [-0.2, 0) is 4.79 Å². The smallest absolute Gasteiger partial charge is 0.227 e. The molecule has 3 nitrogen and oxygen atoms in total. The molecule has 1 saturated carbocycles. The Morgan fingerprint density at radius 3 is 2.63 bits per heavy atom. The number of thioether (sulfide) groups is 1. The molecule has 1 aromatic rings. The maximum atomic E-state index is 12.3. The second-order valence-electron chi connectivity index (χ2n) is 5.10. The van der Waals surface area contributed by atoms with Crippen LogP contribution in [-0.4, -0.2) is 18.7 Å². The molecule has 0 aromatic heterocycles. The molecule has 2 unspecified atom stereocenters. The molecule has 0 saturated heterocycles. The lowest BCUT2D eigenvalue weighted by molar-refractivity contribution is -0.122. The van der Waals surface area contributed by atoms with Crippen molar-refractivity contribution in [1.82, 2.24) is 0 Å². The molecule has 19 heavy (non-hydrogen) atoms. The Bertz CT molecular complexity index is 419. The Morgan fingerprint density at radius 2 is 2.00 bits per heavy atom. The van der Waals surface area contributed by atoms with Gasteiger partial charge in [-0.2, -0.15) is 0 Å². The maximum absolute atomic E-state index is 12.3. The Balaban J connectivity index is 1.98. The molecule has 3 N–H and O–H groups in total. The summed E-state index contributed by atoms with van der Waals surface area (Å²) in [5.41, 5.74) is 6.66. The maximum Gasteiger partial charge on any atom is 0.227 e. The number of rotatable bonds is 4. The van der Waals surface area contributed by atoms with E-state index in [0.29, 0.717) is 12.5 Å². The number of nitrogens with two attached hydrogens (primary N) is 1. The second-order valence-corrected chi connectivity index (χ2v) is 5.98. The van der Waals surface area contributed by atoms with Crippen molar-refractivity contribution < 1.29 is 4.79 Å². The van der Waals surface area contributed by atoms with E-state index in [2.05, 4.69) is 5.32 Å². The molecule has 0 aliphatic heterocycles. The normalized spacial score (nSPS) is 23.1. The van der Waals surface area contributed by atoms with Gasteiger partial charge in [0.25, 0.3) is 0 Å². The van der Waals surface area contributed by atoms with Crippen LogP contribution in [0.2, 0.25) is 0 Å². The predicted molar refractivity (Wildman–Crippen MR) is 81.4 cm³/mol. The van der Waals surface area contributed by atoms with Crippen LogP contribution in [0.15, 0.2) is 29.2 Å². The molecule has 0 radical (unpaired) electrons. The Morgan fingerprint density at radius 1 is 1.32 bits per heavy atom. The largest absolute Gasteiger partial charge is 0.330 e. The van der Waals surface area contributed by atoms with Crippen LogP contribution in [0.1, 0.15) is 25.7 Å². The molecule has 0 spiro atoms. The zero-order chi connectivity index (χ0) is 13.7. The van der Waals surface area contributed by atoms with Crippen molar-refractivity contribution in [1.29, 1.82) is 0 Å². The van der Waals surface area contributed by atoms with Crippen LogP contribution in [0.4, 0.5) is 5.69 Å². The molecule has 0 bridgehead atoms. The van der Waals surface area contributed by atoms with Crippen LogP contribution < -0.4 is 11.1 Å². The highest BCUT2D eigenvalue weighted by Gasteiger charge is 2.29. The molecule has 104 valence electrons. The summed E-state index contributed by atoms with van der Waals surface area (Å²) in [7, 11) is 0. The van der Waals surface area contributed by atoms with E-state index in [9.17, 15) is 4.79 Å². The summed E-state index contributed by atoms with van der Waals surface area (Å²) in [6.07, 6.45) is 6.44. The molecule has 1 aliphatic rings. The minimum Gasteiger partial charge on any atom is -0.330 e. The van der Waals surface area contributed by atoms with Crippen molar-refractivity contribution in [3.63, 3.8) is 0 Å². The van der Waals surface area contributed by atoms with Crippen molar-refractivity contribution in [2.45, 2.75) is 30.6 Å². The Hall–Kier alpha value is -1.00. The number of nitrogens with one attached hydrogen (secondary N) is 1. The van der Waals surface area contributed by atoms with Crippen LogP contribution in [0.3, 0.4) is 0 Å². The van der Waals surface area contributed by atoms with E-state index in [0.717, 1.165) is 24.9 Å². The van der Waals surface area contributed by atoms with Crippen LogP contribution in [0.25, 0.3) is 0 Å². The summed E-state index contributed by atoms with van der Waals surface area (Å²) in [6, 6.07) is 7.98. The number of carbonyl (C=O) groups excluding carboxylic acids is 1. The minimum absolute atomic E-state index is 0.0824. The number of amides is 1. The summed E-state index contributed by atoms with van der Waals surface area (Å²) in [6.45, 7) is 0.615. The summed E-state index contributed by atoms with van der Waals surface area (Å²) < 4.78 is 0. The van der Waals surface area contributed by atoms with Gasteiger partial charge >= 0.3 is 0 Å². The van der Waals surface area contributed by atoms with Gasteiger partial charge in [0, 0.05) is 16.5 Å². The van der Waals surface area contributed by atoms with Crippen LogP contribution in [0, 0.1) is 11.8 Å². The number of benzene rings is 1. The minimum atomic E-state index is 0.0824. The van der Waals surface area contributed by atoms with Gasteiger partial charge in [-0.15, -0.1) is 11.8 Å². The number of carbonyl (C=O) groups is 1. The average Bonchev–Trinajstić information content (AvgIpc) is 2.48. The first-order valence-corrected chi connectivity index (χ1v) is 8.12. The van der Waals surface area contributed by atoms with Gasteiger partial charge in [0.05, 0.1) is 0 Å². The van der Waals surface area contributed by atoms with E-state index in [1.807, 2.05) is 30.5 Å². The van der Waals surface area contributed by atoms with Crippen LogP contribution >= 0.6 is 11.8 Å². The number of hydrogen-bond acceptors (Lipinski definition) is 3. The molecular weight excluding hydrogens is 256 g/mol. The lowest BCUT2D eigenvalue weighted by Gasteiger charge is -2.29. The third kappa shape index (κ3) is 3.74. The van der Waals surface area contributed by atoms with E-state index in [-0.39, 0.29) is 11.8 Å². The molecule has 2 rings (SSSR count). The first kappa shape index (κ1) is 14.4. The highest BCUT2D eigenvalue weighted by molar-refractivity contribution is 7.98. The fourth-order valence-corrected chi connectivity index (χ4v) is 3.15. The van der Waals surface area contributed by atoms with Crippen molar-refractivity contribution in [2.75, 3.05) is 18.1 Å². The zero-order valence-electron chi connectivity index (χ0n) is 11.4. The van der Waals surface area contributed by atoms with Gasteiger partial charge in [0.1, 0.15) is 0 Å². The number of hydrogen-bond donors (Lipinski definition) is 2. The standard InChI is InChI=1S/C15H22N2OS/c1-19-13-8-6-12(7-9-13)17-15(18)14-5-3-2-4-11(14)10-16/h6-9,11,14H,2-5,10,16H2,1H3,(H,17,18). The zero-order valence-corrected chi connectivity index (χ0v) is 12.2. The molecule has 1 aliphatic carbocycles. The van der Waals surface area contributed by atoms with E-state index in [1.165, 1.54) is 11.3 Å². The van der Waals surface area contributed by atoms with Gasteiger partial charge in [-0.05, 0) is 55.8 Å². The highest BCUT2D eigenvalue weighted by Crippen LogP contribution is 2.30. The molecule has 4 heteroatoms. The summed E-state index contributed by atoms with van der Waals surface area (Å²) in [4.78, 5) is 13.5. The molecule has 1 amide bonds. The molecule has 1 fully saturated rings. The summed E-state index contributed by atoms with van der Waals surface area (Å²) in [5, 5.41) is 3.02. The highest BCUT2D eigenvalue weighted by atomic mass is 32.2. The van der Waals surface area contributed by atoms with E-state index >= 15 is 0 Å². The van der Waals surface area contributed by atoms with Crippen molar-refractivity contribution in [2.24, 2.45) is 17.6 Å². The fraction of sp³-hybridized carbons (Fsp3) is 0.533. The molecule has 0 heterocycles. The SMILES string of the molecule is CSc1ccc(NC(=O)C2CCCCC2CN)cc1. The molecule has 2 atom stereocenters. The fourth-order valence-electron chi connectivity index (χ4n) is 2.74. The summed E-state index contributed by atoms with van der Waals surface area (Å²) in [5.74, 6) is 0.560. The molecular formula is C15H22N2OS. The third-order valence-corrected chi connectivity index (χ3v) is 4.65. The monoisotopic (exact) mass is 278 g/mol. The van der Waals surface area contributed by atoms with E-state index in [1.54, 1.807) is 11.8 Å². The van der Waals surface area contributed by atoms with Gasteiger partial charge in [-0.1, -0.05) is 12.8 Å². The first-order chi connectivity index (χ1) is 9.24. The quantitative estimate of drug-likeness (QED) is 0.832. The molecule has 1 aromatic carbocycles. The predicted octanol–water partition coefficient (Wildman–Crippen LogP) is 3.11.